The minimum absolute atomic E-state index is 0.191. The summed E-state index contributed by atoms with van der Waals surface area (Å²) in [4.78, 5) is 4.08. The van der Waals surface area contributed by atoms with Gasteiger partial charge in [-0.2, -0.15) is 0 Å². The number of benzene rings is 1. The van der Waals surface area contributed by atoms with Crippen molar-refractivity contribution in [1.82, 2.24) is 10.7 Å². The van der Waals surface area contributed by atoms with Gasteiger partial charge < -0.3 is 10.1 Å². The van der Waals surface area contributed by atoms with E-state index in [0.717, 1.165) is 12.1 Å². The molecule has 0 fully saturated rings. The number of methoxy groups -OCH3 is 1. The highest BCUT2D eigenvalue weighted by atomic mass is 19.2. The predicted molar refractivity (Wildman–Crippen MR) is 64.7 cm³/mol. The molecular formula is C11H16F2N4O. The van der Waals surface area contributed by atoms with E-state index < -0.39 is 11.6 Å². The lowest BCUT2D eigenvalue weighted by atomic mass is 10.2. The van der Waals surface area contributed by atoms with Crippen LogP contribution < -0.4 is 16.6 Å². The first-order valence-corrected chi connectivity index (χ1v) is 5.35. The van der Waals surface area contributed by atoms with E-state index in [1.54, 1.807) is 7.11 Å². The number of guanidine groups is 1. The van der Waals surface area contributed by atoms with Crippen LogP contribution >= 0.6 is 0 Å². The van der Waals surface area contributed by atoms with Crippen molar-refractivity contribution in [3.8, 4) is 0 Å². The summed E-state index contributed by atoms with van der Waals surface area (Å²) in [5.74, 6) is 3.84. The van der Waals surface area contributed by atoms with Crippen LogP contribution in [0.3, 0.4) is 0 Å². The molecule has 0 aliphatic carbocycles. The summed E-state index contributed by atoms with van der Waals surface area (Å²) in [6, 6.07) is 3.63. The molecule has 0 bridgehead atoms. The second-order valence-corrected chi connectivity index (χ2v) is 3.48. The average Bonchev–Trinajstić information content (AvgIpc) is 2.37. The zero-order valence-electron chi connectivity index (χ0n) is 10.0. The Labute approximate surface area is 104 Å². The summed E-state index contributed by atoms with van der Waals surface area (Å²) < 4.78 is 30.5. The molecule has 18 heavy (non-hydrogen) atoms. The quantitative estimate of drug-likeness (QED) is 0.237. The largest absolute Gasteiger partial charge is 0.383 e. The summed E-state index contributed by atoms with van der Waals surface area (Å²) >= 11 is 0. The highest BCUT2D eigenvalue weighted by molar-refractivity contribution is 5.79. The van der Waals surface area contributed by atoms with E-state index >= 15 is 0 Å². The Balaban J connectivity index is 2.56. The lowest BCUT2D eigenvalue weighted by Crippen LogP contribution is -2.42. The molecule has 0 radical (unpaired) electrons. The molecule has 0 aromatic heterocycles. The van der Waals surface area contributed by atoms with Gasteiger partial charge >= 0.3 is 0 Å². The van der Waals surface area contributed by atoms with Gasteiger partial charge in [-0.05, 0) is 17.7 Å². The maximum Gasteiger partial charge on any atom is 0.206 e. The molecular weight excluding hydrogens is 242 g/mol. The molecule has 0 amide bonds. The zero-order valence-corrected chi connectivity index (χ0v) is 10.0. The van der Waals surface area contributed by atoms with Crippen molar-refractivity contribution < 1.29 is 13.5 Å². The van der Waals surface area contributed by atoms with Gasteiger partial charge in [-0.25, -0.2) is 19.6 Å². The maximum absolute atomic E-state index is 12.9. The van der Waals surface area contributed by atoms with Crippen LogP contribution in [0.4, 0.5) is 8.78 Å². The molecule has 4 N–H and O–H groups in total. The summed E-state index contributed by atoms with van der Waals surface area (Å²) in [6.07, 6.45) is 0. The highest BCUT2D eigenvalue weighted by Crippen LogP contribution is 2.09. The Bertz CT molecular complexity index is 412. The van der Waals surface area contributed by atoms with Gasteiger partial charge in [-0.1, -0.05) is 6.07 Å². The average molecular weight is 258 g/mol. The molecule has 0 saturated heterocycles. The van der Waals surface area contributed by atoms with Crippen LogP contribution in [0.15, 0.2) is 23.2 Å². The van der Waals surface area contributed by atoms with E-state index in [-0.39, 0.29) is 6.54 Å². The van der Waals surface area contributed by atoms with Crippen molar-refractivity contribution in [3.63, 3.8) is 0 Å². The molecule has 5 nitrogen and oxygen atoms in total. The van der Waals surface area contributed by atoms with Crippen LogP contribution in [0.1, 0.15) is 5.56 Å². The normalized spacial score (nSPS) is 11.4. The van der Waals surface area contributed by atoms with Gasteiger partial charge in [-0.3, -0.25) is 5.43 Å². The van der Waals surface area contributed by atoms with Gasteiger partial charge in [0, 0.05) is 13.7 Å². The second kappa shape index (κ2) is 7.57. The molecule has 7 heteroatoms. The molecule has 1 aromatic rings. The third kappa shape index (κ3) is 4.64. The fraction of sp³-hybridized carbons (Fsp3) is 0.364. The van der Waals surface area contributed by atoms with E-state index in [4.69, 9.17) is 10.6 Å². The topological polar surface area (TPSA) is 71.7 Å². The lowest BCUT2D eigenvalue weighted by Gasteiger charge is -2.08. The number of hydrogen-bond acceptors (Lipinski definition) is 3. The maximum atomic E-state index is 12.9. The highest BCUT2D eigenvalue weighted by Gasteiger charge is 2.02. The first-order chi connectivity index (χ1) is 8.67. The number of nitrogens with zero attached hydrogens (tertiary/aromatic N) is 1. The minimum atomic E-state index is -0.891. The summed E-state index contributed by atoms with van der Waals surface area (Å²) in [5, 5.41) is 2.89. The lowest BCUT2D eigenvalue weighted by molar-refractivity contribution is 0.203. The third-order valence-corrected chi connectivity index (χ3v) is 2.14. The number of halogens is 2. The monoisotopic (exact) mass is 258 g/mol. The number of rotatable bonds is 5. The zero-order chi connectivity index (χ0) is 13.4. The van der Waals surface area contributed by atoms with Gasteiger partial charge in [0.25, 0.3) is 0 Å². The van der Waals surface area contributed by atoms with E-state index in [9.17, 15) is 8.78 Å². The number of nitrogens with one attached hydrogen (secondary N) is 2. The SMILES string of the molecule is COCCNC(=NCc1ccc(F)c(F)c1)NN. The second-order valence-electron chi connectivity index (χ2n) is 3.48. The Morgan fingerprint density at radius 2 is 2.17 bits per heavy atom. The van der Waals surface area contributed by atoms with Gasteiger partial charge in [0.15, 0.2) is 11.6 Å². The number of ether oxygens (including phenoxy) is 1. The standard InChI is InChI=1S/C11H16F2N4O/c1-18-5-4-15-11(17-14)16-7-8-2-3-9(12)10(13)6-8/h2-3,6H,4-5,7,14H2,1H3,(H2,15,16,17). The Hall–Kier alpha value is -1.73. The molecule has 0 unspecified atom stereocenters. The van der Waals surface area contributed by atoms with E-state index in [2.05, 4.69) is 15.7 Å². The fourth-order valence-corrected chi connectivity index (χ4v) is 1.23. The van der Waals surface area contributed by atoms with Crippen LogP contribution in [0.2, 0.25) is 0 Å². The molecule has 0 aliphatic heterocycles. The molecule has 0 spiro atoms. The number of hydrazine groups is 1. The first-order valence-electron chi connectivity index (χ1n) is 5.35. The van der Waals surface area contributed by atoms with Crippen molar-refractivity contribution in [2.45, 2.75) is 6.54 Å². The van der Waals surface area contributed by atoms with Gasteiger partial charge in [0.05, 0.1) is 13.2 Å². The van der Waals surface area contributed by atoms with Crippen molar-refractivity contribution in [2.24, 2.45) is 10.8 Å². The van der Waals surface area contributed by atoms with Crippen LogP contribution in [0, 0.1) is 11.6 Å². The number of hydrogen-bond donors (Lipinski definition) is 3. The van der Waals surface area contributed by atoms with Crippen molar-refractivity contribution in [1.29, 1.82) is 0 Å². The predicted octanol–water partition coefficient (Wildman–Crippen LogP) is 0.520. The number of aliphatic imine (C=N–C) groups is 1. The van der Waals surface area contributed by atoms with Gasteiger partial charge in [-0.15, -0.1) is 0 Å². The van der Waals surface area contributed by atoms with E-state index in [1.807, 2.05) is 0 Å². The molecule has 0 saturated carbocycles. The molecule has 1 aromatic carbocycles. The van der Waals surface area contributed by atoms with Gasteiger partial charge in [0.1, 0.15) is 0 Å². The summed E-state index contributed by atoms with van der Waals surface area (Å²) in [7, 11) is 1.58. The van der Waals surface area contributed by atoms with Crippen LogP contribution in [0.25, 0.3) is 0 Å². The van der Waals surface area contributed by atoms with E-state index in [0.29, 0.717) is 24.7 Å². The Morgan fingerprint density at radius 1 is 1.39 bits per heavy atom. The summed E-state index contributed by atoms with van der Waals surface area (Å²) in [6.45, 7) is 1.24. The summed E-state index contributed by atoms with van der Waals surface area (Å²) in [5.41, 5.74) is 2.92. The molecule has 0 atom stereocenters. The van der Waals surface area contributed by atoms with Crippen molar-refractivity contribution in [3.05, 3.63) is 35.4 Å². The third-order valence-electron chi connectivity index (χ3n) is 2.14. The Morgan fingerprint density at radius 3 is 2.78 bits per heavy atom. The number of nitrogens with two attached hydrogens (primary N) is 1. The van der Waals surface area contributed by atoms with Crippen molar-refractivity contribution in [2.75, 3.05) is 20.3 Å². The van der Waals surface area contributed by atoms with Crippen molar-refractivity contribution >= 4 is 5.96 Å². The molecule has 0 aliphatic rings. The Kier molecular flexibility index (Phi) is 6.03. The van der Waals surface area contributed by atoms with Crippen LogP contribution in [-0.2, 0) is 11.3 Å². The fourth-order valence-electron chi connectivity index (χ4n) is 1.23. The first kappa shape index (κ1) is 14.3. The van der Waals surface area contributed by atoms with E-state index in [1.165, 1.54) is 6.07 Å². The molecule has 1 rings (SSSR count). The molecule has 100 valence electrons. The smallest absolute Gasteiger partial charge is 0.206 e. The minimum Gasteiger partial charge on any atom is -0.383 e. The van der Waals surface area contributed by atoms with Crippen LogP contribution in [0.5, 0.6) is 0 Å². The van der Waals surface area contributed by atoms with Gasteiger partial charge in [0.2, 0.25) is 5.96 Å². The molecule has 0 heterocycles. The van der Waals surface area contributed by atoms with Crippen LogP contribution in [-0.4, -0.2) is 26.2 Å².